The van der Waals surface area contributed by atoms with Crippen molar-refractivity contribution in [2.45, 2.75) is 50.5 Å². The minimum atomic E-state index is -1.87. The van der Waals surface area contributed by atoms with E-state index in [2.05, 4.69) is 29.0 Å². The SMILES string of the molecule is CC(C)c1ccc([C@](O)(c2cncc(-c3cc(C(C)(C)O)[nH]n3)c2)C2(F)CN(C)C2)cc1. The summed E-state index contributed by atoms with van der Waals surface area (Å²) in [6.07, 6.45) is 3.14. The number of H-pyrrole nitrogens is 1. The van der Waals surface area contributed by atoms with Crippen molar-refractivity contribution in [2.75, 3.05) is 20.1 Å². The molecule has 1 aliphatic heterocycles. The number of hydrogen-bond donors (Lipinski definition) is 3. The first-order chi connectivity index (χ1) is 14.9. The zero-order valence-electron chi connectivity index (χ0n) is 19.2. The molecule has 0 bridgehead atoms. The monoisotopic (exact) mass is 438 g/mol. The number of benzene rings is 1. The molecule has 1 fully saturated rings. The van der Waals surface area contributed by atoms with Crippen molar-refractivity contribution in [1.29, 1.82) is 0 Å². The average molecular weight is 439 g/mol. The summed E-state index contributed by atoms with van der Waals surface area (Å²) in [7, 11) is 1.83. The third kappa shape index (κ3) is 3.74. The van der Waals surface area contributed by atoms with Crippen LogP contribution in [0.15, 0.2) is 48.8 Å². The second-order valence-corrected chi connectivity index (χ2v) is 9.81. The Bertz CT molecular complexity index is 1100. The molecule has 170 valence electrons. The molecule has 3 N–H and O–H groups in total. The average Bonchev–Trinajstić information content (AvgIpc) is 3.23. The molecule has 4 rings (SSSR count). The minimum Gasteiger partial charge on any atom is -0.384 e. The van der Waals surface area contributed by atoms with Crippen molar-refractivity contribution in [3.8, 4) is 11.3 Å². The van der Waals surface area contributed by atoms with Crippen molar-refractivity contribution in [2.24, 2.45) is 0 Å². The van der Waals surface area contributed by atoms with Crippen LogP contribution >= 0.6 is 0 Å². The molecule has 7 heteroatoms. The molecular weight excluding hydrogens is 407 g/mol. The van der Waals surface area contributed by atoms with Crippen LogP contribution in [0.2, 0.25) is 0 Å². The zero-order chi connectivity index (χ0) is 23.3. The van der Waals surface area contributed by atoms with Gasteiger partial charge in [-0.15, -0.1) is 0 Å². The van der Waals surface area contributed by atoms with Crippen molar-refractivity contribution in [1.82, 2.24) is 20.1 Å². The van der Waals surface area contributed by atoms with Crippen LogP contribution in [0.3, 0.4) is 0 Å². The summed E-state index contributed by atoms with van der Waals surface area (Å²) in [5.74, 6) is 0.334. The van der Waals surface area contributed by atoms with Gasteiger partial charge in [-0.2, -0.15) is 5.10 Å². The van der Waals surface area contributed by atoms with Gasteiger partial charge in [0.05, 0.1) is 11.4 Å². The van der Waals surface area contributed by atoms with Gasteiger partial charge in [0.1, 0.15) is 5.60 Å². The van der Waals surface area contributed by atoms with Crippen LogP contribution < -0.4 is 0 Å². The van der Waals surface area contributed by atoms with Gasteiger partial charge in [0, 0.05) is 36.6 Å². The first kappa shape index (κ1) is 22.6. The zero-order valence-corrected chi connectivity index (χ0v) is 19.2. The molecule has 1 saturated heterocycles. The summed E-state index contributed by atoms with van der Waals surface area (Å²) in [5, 5.41) is 29.3. The quantitative estimate of drug-likeness (QED) is 0.546. The summed E-state index contributed by atoms with van der Waals surface area (Å²) in [4.78, 5) is 6.15. The molecule has 32 heavy (non-hydrogen) atoms. The molecule has 3 heterocycles. The molecule has 2 aromatic heterocycles. The van der Waals surface area contributed by atoms with Gasteiger partial charge in [-0.1, -0.05) is 38.1 Å². The van der Waals surface area contributed by atoms with Gasteiger partial charge in [0.15, 0.2) is 11.3 Å². The number of hydrogen-bond acceptors (Lipinski definition) is 5. The number of nitrogens with one attached hydrogen (secondary N) is 1. The fraction of sp³-hybridized carbons (Fsp3) is 0.440. The molecule has 6 nitrogen and oxygen atoms in total. The lowest BCUT2D eigenvalue weighted by Crippen LogP contribution is -2.68. The van der Waals surface area contributed by atoms with Gasteiger partial charge in [0.2, 0.25) is 0 Å². The lowest BCUT2D eigenvalue weighted by atomic mass is 9.70. The first-order valence-electron chi connectivity index (χ1n) is 10.9. The van der Waals surface area contributed by atoms with E-state index in [4.69, 9.17) is 0 Å². The summed E-state index contributed by atoms with van der Waals surface area (Å²) in [6, 6.07) is 11.0. The smallest absolute Gasteiger partial charge is 0.172 e. The van der Waals surface area contributed by atoms with E-state index in [1.54, 1.807) is 32.2 Å². The highest BCUT2D eigenvalue weighted by Gasteiger charge is 2.59. The van der Waals surface area contributed by atoms with Crippen LogP contribution in [-0.4, -0.2) is 56.1 Å². The van der Waals surface area contributed by atoms with Crippen LogP contribution in [0.1, 0.15) is 56.0 Å². The van der Waals surface area contributed by atoms with E-state index >= 15 is 4.39 Å². The maximum Gasteiger partial charge on any atom is 0.172 e. The molecule has 1 atom stereocenters. The van der Waals surface area contributed by atoms with Crippen LogP contribution in [-0.2, 0) is 11.2 Å². The van der Waals surface area contributed by atoms with E-state index in [0.717, 1.165) is 5.56 Å². The fourth-order valence-electron chi connectivity index (χ4n) is 4.39. The van der Waals surface area contributed by atoms with Crippen molar-refractivity contribution >= 4 is 0 Å². The maximum atomic E-state index is 16.2. The van der Waals surface area contributed by atoms with Crippen LogP contribution in [0.25, 0.3) is 11.3 Å². The number of likely N-dealkylation sites (tertiary alicyclic amines) is 1. The van der Waals surface area contributed by atoms with Gasteiger partial charge in [0.25, 0.3) is 0 Å². The molecule has 0 aliphatic carbocycles. The van der Waals surface area contributed by atoms with Gasteiger partial charge in [-0.3, -0.25) is 15.0 Å². The van der Waals surface area contributed by atoms with E-state index in [1.807, 2.05) is 36.2 Å². The summed E-state index contributed by atoms with van der Waals surface area (Å²) in [5.41, 5.74) is -1.06. The van der Waals surface area contributed by atoms with E-state index in [9.17, 15) is 10.2 Å². The molecular formula is C25H31FN4O2. The molecule has 0 unspecified atom stereocenters. The first-order valence-corrected chi connectivity index (χ1v) is 10.9. The normalized spacial score (nSPS) is 18.4. The summed E-state index contributed by atoms with van der Waals surface area (Å²) in [6.45, 7) is 7.75. The van der Waals surface area contributed by atoms with E-state index in [1.165, 1.54) is 6.20 Å². The van der Waals surface area contributed by atoms with Crippen LogP contribution in [0.4, 0.5) is 4.39 Å². The second-order valence-electron chi connectivity index (χ2n) is 9.81. The molecule has 3 aromatic rings. The Balaban J connectivity index is 1.80. The third-order valence-electron chi connectivity index (χ3n) is 6.37. The lowest BCUT2D eigenvalue weighted by Gasteiger charge is -2.52. The Hall–Kier alpha value is -2.61. The highest BCUT2D eigenvalue weighted by Crippen LogP contribution is 2.47. The number of aromatic amines is 1. The van der Waals surface area contributed by atoms with Crippen molar-refractivity contribution < 1.29 is 14.6 Å². The topological polar surface area (TPSA) is 85.3 Å². The highest BCUT2D eigenvalue weighted by molar-refractivity contribution is 5.60. The Morgan fingerprint density at radius 1 is 1.06 bits per heavy atom. The number of aliphatic hydroxyl groups is 2. The molecule has 0 saturated carbocycles. The highest BCUT2D eigenvalue weighted by atomic mass is 19.1. The largest absolute Gasteiger partial charge is 0.384 e. The molecule has 0 amide bonds. The van der Waals surface area contributed by atoms with E-state index in [-0.39, 0.29) is 13.1 Å². The third-order valence-corrected chi connectivity index (χ3v) is 6.37. The Kier molecular flexibility index (Phi) is 5.48. The van der Waals surface area contributed by atoms with Gasteiger partial charge >= 0.3 is 0 Å². The summed E-state index contributed by atoms with van der Waals surface area (Å²) >= 11 is 0. The number of nitrogens with zero attached hydrogens (tertiary/aromatic N) is 3. The van der Waals surface area contributed by atoms with Crippen molar-refractivity contribution in [3.63, 3.8) is 0 Å². The maximum absolute atomic E-state index is 16.2. The van der Waals surface area contributed by atoms with Crippen molar-refractivity contribution in [3.05, 3.63) is 71.2 Å². The number of alkyl halides is 1. The van der Waals surface area contributed by atoms with Gasteiger partial charge in [-0.05, 0) is 50.1 Å². The molecule has 1 aromatic carbocycles. The van der Waals surface area contributed by atoms with Gasteiger partial charge in [-0.25, -0.2) is 4.39 Å². The number of aromatic nitrogens is 3. The minimum absolute atomic E-state index is 0.116. The summed E-state index contributed by atoms with van der Waals surface area (Å²) < 4.78 is 16.2. The molecule has 0 spiro atoms. The Morgan fingerprint density at radius 3 is 2.25 bits per heavy atom. The van der Waals surface area contributed by atoms with E-state index in [0.29, 0.717) is 34.0 Å². The fourth-order valence-corrected chi connectivity index (χ4v) is 4.39. The van der Waals surface area contributed by atoms with Crippen LogP contribution in [0.5, 0.6) is 0 Å². The predicted molar refractivity (Wildman–Crippen MR) is 122 cm³/mol. The molecule has 1 aliphatic rings. The molecule has 0 radical (unpaired) electrons. The number of halogens is 1. The number of rotatable bonds is 6. The predicted octanol–water partition coefficient (Wildman–Crippen LogP) is 3.71. The van der Waals surface area contributed by atoms with Crippen LogP contribution in [0, 0.1) is 0 Å². The second kappa shape index (κ2) is 7.76. The lowest BCUT2D eigenvalue weighted by molar-refractivity contribution is -0.153. The Morgan fingerprint density at radius 2 is 1.72 bits per heavy atom. The standard InChI is InChI=1S/C25H31FN4O2/c1-16(2)17-6-8-19(9-7-17)25(32,24(26)14-30(5)15-24)20-10-18(12-27-13-20)21-11-22(29-28-21)23(3,4)31/h6-13,16,31-32H,14-15H2,1-5H3,(H,28,29)/t25-/m0/s1. The Labute approximate surface area is 188 Å². The van der Waals surface area contributed by atoms with Gasteiger partial charge < -0.3 is 10.2 Å². The number of pyridine rings is 1. The van der Waals surface area contributed by atoms with E-state index < -0.39 is 16.9 Å².